The van der Waals surface area contributed by atoms with E-state index >= 15 is 0 Å². The van der Waals surface area contributed by atoms with Gasteiger partial charge in [0.1, 0.15) is 5.82 Å². The van der Waals surface area contributed by atoms with Crippen LogP contribution >= 0.6 is 0 Å². The molecule has 1 atom stereocenters. The molecule has 164 valence electrons. The Hall–Kier alpha value is -2.96. The molecule has 1 aromatic heterocycles. The first-order valence-electron chi connectivity index (χ1n) is 10.8. The average molecular weight is 421 g/mol. The standard InChI is InChI=1S/C25H32N4O2/c1-18(2)14-22-16-27-24(28-22)15-25(31)29-21-10-8-19(9-11-21)12-13-26-17-23(30)20-6-4-3-5-7-20/h3-11,16,18,23,26,30H,12-15,17H2,1-2H3,(H,27,28)(H,29,31)/t23-/m0/s1. The number of rotatable bonds is 11. The topological polar surface area (TPSA) is 90.0 Å². The van der Waals surface area contributed by atoms with E-state index in [-0.39, 0.29) is 12.3 Å². The lowest BCUT2D eigenvalue weighted by Gasteiger charge is -2.12. The second-order valence-corrected chi connectivity index (χ2v) is 8.26. The first kappa shape index (κ1) is 22.7. The second kappa shape index (κ2) is 11.4. The molecule has 0 aliphatic heterocycles. The molecule has 0 aliphatic rings. The van der Waals surface area contributed by atoms with E-state index in [9.17, 15) is 9.90 Å². The summed E-state index contributed by atoms with van der Waals surface area (Å²) >= 11 is 0. The molecule has 0 saturated carbocycles. The van der Waals surface area contributed by atoms with Gasteiger partial charge in [-0.25, -0.2) is 4.98 Å². The van der Waals surface area contributed by atoms with Crippen molar-refractivity contribution in [3.05, 3.63) is 83.4 Å². The van der Waals surface area contributed by atoms with E-state index in [0.29, 0.717) is 18.3 Å². The number of carbonyl (C=O) groups is 1. The number of anilines is 1. The molecule has 2 aromatic carbocycles. The molecular weight excluding hydrogens is 388 g/mol. The van der Waals surface area contributed by atoms with Crippen LogP contribution in [0.3, 0.4) is 0 Å². The van der Waals surface area contributed by atoms with Crippen molar-refractivity contribution in [2.75, 3.05) is 18.4 Å². The van der Waals surface area contributed by atoms with Crippen LogP contribution < -0.4 is 10.6 Å². The van der Waals surface area contributed by atoms with Gasteiger partial charge in [0.2, 0.25) is 5.91 Å². The van der Waals surface area contributed by atoms with E-state index in [0.717, 1.165) is 36.3 Å². The summed E-state index contributed by atoms with van der Waals surface area (Å²) in [5, 5.41) is 16.4. The quantitative estimate of drug-likeness (QED) is 0.357. The molecule has 4 N–H and O–H groups in total. The highest BCUT2D eigenvalue weighted by atomic mass is 16.3. The smallest absolute Gasteiger partial charge is 0.231 e. The summed E-state index contributed by atoms with van der Waals surface area (Å²) in [6, 6.07) is 17.5. The number of nitrogens with zero attached hydrogens (tertiary/aromatic N) is 1. The summed E-state index contributed by atoms with van der Waals surface area (Å²) < 4.78 is 0. The highest BCUT2D eigenvalue weighted by Crippen LogP contribution is 2.12. The molecule has 0 fully saturated rings. The van der Waals surface area contributed by atoms with Crippen molar-refractivity contribution in [3.8, 4) is 0 Å². The maximum absolute atomic E-state index is 12.3. The fraction of sp³-hybridized carbons (Fsp3) is 0.360. The van der Waals surface area contributed by atoms with E-state index in [1.807, 2.05) is 60.8 Å². The molecule has 0 spiro atoms. The Balaban J connectivity index is 1.38. The fourth-order valence-electron chi connectivity index (χ4n) is 3.42. The minimum atomic E-state index is -0.505. The number of aromatic nitrogens is 2. The Morgan fingerprint density at radius 1 is 1.10 bits per heavy atom. The zero-order valence-electron chi connectivity index (χ0n) is 18.3. The predicted octanol–water partition coefficient (Wildman–Crippen LogP) is 3.66. The Morgan fingerprint density at radius 2 is 1.84 bits per heavy atom. The number of H-pyrrole nitrogens is 1. The van der Waals surface area contributed by atoms with E-state index in [2.05, 4.69) is 34.4 Å². The summed E-state index contributed by atoms with van der Waals surface area (Å²) in [4.78, 5) is 19.8. The van der Waals surface area contributed by atoms with E-state index in [1.54, 1.807) is 0 Å². The molecule has 3 rings (SSSR count). The van der Waals surface area contributed by atoms with Gasteiger partial charge in [0.25, 0.3) is 0 Å². The molecule has 6 nitrogen and oxygen atoms in total. The highest BCUT2D eigenvalue weighted by Gasteiger charge is 2.09. The Morgan fingerprint density at radius 3 is 2.55 bits per heavy atom. The van der Waals surface area contributed by atoms with Gasteiger partial charge in [-0.3, -0.25) is 4.79 Å². The lowest BCUT2D eigenvalue weighted by molar-refractivity contribution is -0.115. The van der Waals surface area contributed by atoms with Crippen LogP contribution in [-0.4, -0.2) is 34.1 Å². The lowest BCUT2D eigenvalue weighted by atomic mass is 10.1. The Bertz CT molecular complexity index is 936. The van der Waals surface area contributed by atoms with Crippen molar-refractivity contribution in [2.24, 2.45) is 5.92 Å². The molecule has 0 aliphatic carbocycles. The SMILES string of the molecule is CC(C)Cc1cnc(CC(=O)Nc2ccc(CCNC[C@H](O)c3ccccc3)cc2)[nH]1. The van der Waals surface area contributed by atoms with Crippen LogP contribution in [0.1, 0.15) is 42.6 Å². The van der Waals surface area contributed by atoms with Gasteiger partial charge < -0.3 is 20.7 Å². The van der Waals surface area contributed by atoms with Crippen LogP contribution in [0.2, 0.25) is 0 Å². The summed E-state index contributed by atoms with van der Waals surface area (Å²) in [6.45, 7) is 5.60. The third-order valence-electron chi connectivity index (χ3n) is 4.99. The van der Waals surface area contributed by atoms with Crippen LogP contribution in [0, 0.1) is 5.92 Å². The van der Waals surface area contributed by atoms with Gasteiger partial charge in [0.15, 0.2) is 0 Å². The van der Waals surface area contributed by atoms with Crippen molar-refractivity contribution in [2.45, 2.75) is 39.2 Å². The molecule has 31 heavy (non-hydrogen) atoms. The van der Waals surface area contributed by atoms with Crippen molar-refractivity contribution >= 4 is 11.6 Å². The van der Waals surface area contributed by atoms with Gasteiger partial charge in [0.05, 0.1) is 12.5 Å². The Kier molecular flexibility index (Phi) is 8.38. The molecule has 0 saturated heterocycles. The molecule has 1 heterocycles. The first-order valence-corrected chi connectivity index (χ1v) is 10.8. The highest BCUT2D eigenvalue weighted by molar-refractivity contribution is 5.91. The van der Waals surface area contributed by atoms with Crippen molar-refractivity contribution in [3.63, 3.8) is 0 Å². The van der Waals surface area contributed by atoms with Gasteiger partial charge in [-0.2, -0.15) is 0 Å². The first-order chi connectivity index (χ1) is 15.0. The lowest BCUT2D eigenvalue weighted by Crippen LogP contribution is -2.23. The number of aromatic amines is 1. The van der Waals surface area contributed by atoms with Crippen LogP contribution in [0.25, 0.3) is 0 Å². The number of nitrogens with one attached hydrogen (secondary N) is 3. The van der Waals surface area contributed by atoms with Gasteiger partial charge in [-0.05, 0) is 48.6 Å². The average Bonchev–Trinajstić information content (AvgIpc) is 3.18. The maximum Gasteiger partial charge on any atom is 0.231 e. The normalized spacial score (nSPS) is 12.1. The van der Waals surface area contributed by atoms with Crippen molar-refractivity contribution in [1.82, 2.24) is 15.3 Å². The minimum Gasteiger partial charge on any atom is -0.387 e. The summed E-state index contributed by atoms with van der Waals surface area (Å²) in [5.41, 5.74) is 3.92. The number of hydrogen-bond donors (Lipinski definition) is 4. The van der Waals surface area contributed by atoms with E-state index in [1.165, 1.54) is 5.56 Å². The van der Waals surface area contributed by atoms with E-state index in [4.69, 9.17) is 0 Å². The number of hydrogen-bond acceptors (Lipinski definition) is 4. The number of carbonyl (C=O) groups excluding carboxylic acids is 1. The number of amides is 1. The fourth-order valence-corrected chi connectivity index (χ4v) is 3.42. The van der Waals surface area contributed by atoms with Gasteiger partial charge in [-0.15, -0.1) is 0 Å². The summed E-state index contributed by atoms with van der Waals surface area (Å²) in [5.74, 6) is 1.15. The number of imidazole rings is 1. The zero-order valence-corrected chi connectivity index (χ0v) is 18.3. The molecular formula is C25H32N4O2. The molecule has 0 bridgehead atoms. The molecule has 1 amide bonds. The predicted molar refractivity (Wildman–Crippen MR) is 124 cm³/mol. The van der Waals surface area contributed by atoms with Crippen molar-refractivity contribution < 1.29 is 9.90 Å². The number of aliphatic hydroxyl groups excluding tert-OH is 1. The van der Waals surface area contributed by atoms with Gasteiger partial charge >= 0.3 is 0 Å². The Labute approximate surface area is 184 Å². The van der Waals surface area contributed by atoms with E-state index < -0.39 is 6.10 Å². The van der Waals surface area contributed by atoms with Crippen LogP contribution in [0.15, 0.2) is 60.8 Å². The summed E-state index contributed by atoms with van der Waals surface area (Å²) in [6.07, 6.45) is 3.31. The van der Waals surface area contributed by atoms with Crippen molar-refractivity contribution in [1.29, 1.82) is 0 Å². The van der Waals surface area contributed by atoms with Gasteiger partial charge in [-0.1, -0.05) is 56.3 Å². The molecule has 0 unspecified atom stereocenters. The third-order valence-corrected chi connectivity index (χ3v) is 4.99. The largest absolute Gasteiger partial charge is 0.387 e. The zero-order chi connectivity index (χ0) is 22.1. The summed E-state index contributed by atoms with van der Waals surface area (Å²) in [7, 11) is 0. The van der Waals surface area contributed by atoms with Crippen LogP contribution in [-0.2, 0) is 24.1 Å². The minimum absolute atomic E-state index is 0.0882. The second-order valence-electron chi connectivity index (χ2n) is 8.26. The third kappa shape index (κ3) is 7.66. The number of aliphatic hydroxyl groups is 1. The number of benzene rings is 2. The van der Waals surface area contributed by atoms with Crippen LogP contribution in [0.5, 0.6) is 0 Å². The monoisotopic (exact) mass is 420 g/mol. The van der Waals surface area contributed by atoms with Gasteiger partial charge in [0, 0.05) is 24.1 Å². The maximum atomic E-state index is 12.3. The molecule has 0 radical (unpaired) electrons. The molecule has 3 aromatic rings. The van der Waals surface area contributed by atoms with Crippen LogP contribution in [0.4, 0.5) is 5.69 Å². The molecule has 6 heteroatoms.